The number of hydrogen-bond donors (Lipinski definition) is 2. The van der Waals surface area contributed by atoms with Crippen LogP contribution >= 0.6 is 0 Å². The minimum Gasteiger partial charge on any atom is -0.491 e. The molecule has 0 heterocycles. The first-order chi connectivity index (χ1) is 13.3. The second kappa shape index (κ2) is 10.1. The molecule has 0 radical (unpaired) electrons. The smallest absolute Gasteiger partial charge is 0.416 e. The van der Waals surface area contributed by atoms with E-state index in [1.54, 1.807) is 0 Å². The normalized spacial score (nSPS) is 13.6. The van der Waals surface area contributed by atoms with Gasteiger partial charge in [-0.1, -0.05) is 43.7 Å². The molecule has 0 bridgehead atoms. The summed E-state index contributed by atoms with van der Waals surface area (Å²) < 4.78 is 42.9. The predicted octanol–water partition coefficient (Wildman–Crippen LogP) is 4.15. The number of aliphatic hydroxyl groups excluding tert-OH is 1. The molecule has 2 aromatic rings. The summed E-state index contributed by atoms with van der Waals surface area (Å²) in [6.07, 6.45) is -3.86. The molecule has 0 aliphatic carbocycles. The molecule has 0 fully saturated rings. The number of ether oxygens (including phenoxy) is 1. The fraction of sp³-hybridized carbons (Fsp3) is 0.381. The van der Waals surface area contributed by atoms with Crippen LogP contribution in [-0.4, -0.2) is 30.3 Å². The molecule has 2 rings (SSSR count). The largest absolute Gasteiger partial charge is 0.491 e. The molecule has 0 saturated heterocycles. The van der Waals surface area contributed by atoms with Crippen LogP contribution in [-0.2, 0) is 11.0 Å². The zero-order valence-electron chi connectivity index (χ0n) is 15.6. The van der Waals surface area contributed by atoms with Crippen LogP contribution in [0.4, 0.5) is 13.2 Å². The van der Waals surface area contributed by atoms with Crippen molar-refractivity contribution in [3.63, 3.8) is 0 Å². The molecule has 0 spiro atoms. The lowest BCUT2D eigenvalue weighted by atomic mass is 9.93. The molecule has 2 aromatic carbocycles. The Hall–Kier alpha value is -2.54. The van der Waals surface area contributed by atoms with E-state index in [-0.39, 0.29) is 30.7 Å². The Labute approximate surface area is 162 Å². The first-order valence-corrected chi connectivity index (χ1v) is 9.12. The molecule has 2 N–H and O–H groups in total. The lowest BCUT2D eigenvalue weighted by molar-refractivity contribution is -0.137. The Morgan fingerprint density at radius 3 is 2.32 bits per heavy atom. The van der Waals surface area contributed by atoms with Gasteiger partial charge in [-0.25, -0.2) is 0 Å². The number of rotatable bonds is 9. The Balaban J connectivity index is 1.82. The Morgan fingerprint density at radius 1 is 1.11 bits per heavy atom. The van der Waals surface area contributed by atoms with Gasteiger partial charge in [-0.15, -0.1) is 0 Å². The predicted molar refractivity (Wildman–Crippen MR) is 100 cm³/mol. The van der Waals surface area contributed by atoms with E-state index >= 15 is 0 Å². The van der Waals surface area contributed by atoms with Crippen LogP contribution in [0.1, 0.15) is 36.8 Å². The van der Waals surface area contributed by atoms with Crippen LogP contribution in [0, 0.1) is 0 Å². The Bertz CT molecular complexity index is 733. The molecule has 152 valence electrons. The summed E-state index contributed by atoms with van der Waals surface area (Å²) in [5, 5.41) is 12.7. The summed E-state index contributed by atoms with van der Waals surface area (Å²) in [6.45, 7) is 1.85. The van der Waals surface area contributed by atoms with Gasteiger partial charge in [-0.05, 0) is 36.2 Å². The summed E-state index contributed by atoms with van der Waals surface area (Å²) in [6, 6.07) is 13.6. The number of carbonyl (C=O) groups is 1. The van der Waals surface area contributed by atoms with Crippen LogP contribution in [0.25, 0.3) is 0 Å². The van der Waals surface area contributed by atoms with Crippen LogP contribution in [0.2, 0.25) is 0 Å². The third kappa shape index (κ3) is 6.56. The highest BCUT2D eigenvalue weighted by molar-refractivity contribution is 5.83. The molecule has 1 amide bonds. The molecule has 0 aliphatic rings. The van der Waals surface area contributed by atoms with Crippen molar-refractivity contribution < 1.29 is 27.8 Å². The lowest BCUT2D eigenvalue weighted by Gasteiger charge is -2.18. The van der Waals surface area contributed by atoms with Gasteiger partial charge in [0.05, 0.1) is 11.5 Å². The molecule has 2 atom stereocenters. The molecule has 28 heavy (non-hydrogen) atoms. The van der Waals surface area contributed by atoms with Crippen molar-refractivity contribution in [3.8, 4) is 5.75 Å². The number of alkyl halides is 3. The standard InChI is InChI=1S/C21H24F3NO3/c1-2-6-19(15-7-4-3-5-8-15)20(27)25-13-17(26)14-28-18-11-9-16(10-12-18)21(22,23)24/h3-5,7-12,17,19,26H,2,6,13-14H2,1H3,(H,25,27). The van der Waals surface area contributed by atoms with Crippen molar-refractivity contribution >= 4 is 5.91 Å². The highest BCUT2D eigenvalue weighted by atomic mass is 19.4. The Morgan fingerprint density at radius 2 is 1.75 bits per heavy atom. The number of benzene rings is 2. The van der Waals surface area contributed by atoms with Crippen molar-refractivity contribution in [1.82, 2.24) is 5.32 Å². The number of hydrogen-bond acceptors (Lipinski definition) is 3. The van der Waals surface area contributed by atoms with E-state index in [9.17, 15) is 23.1 Å². The number of carbonyl (C=O) groups excluding carboxylic acids is 1. The van der Waals surface area contributed by atoms with Crippen LogP contribution in [0.15, 0.2) is 54.6 Å². The van der Waals surface area contributed by atoms with Gasteiger partial charge in [0, 0.05) is 6.54 Å². The van der Waals surface area contributed by atoms with Crippen molar-refractivity contribution in [3.05, 3.63) is 65.7 Å². The van der Waals surface area contributed by atoms with Crippen molar-refractivity contribution in [1.29, 1.82) is 0 Å². The summed E-state index contributed by atoms with van der Waals surface area (Å²) >= 11 is 0. The quantitative estimate of drug-likeness (QED) is 0.671. The molecule has 0 aromatic heterocycles. The van der Waals surface area contributed by atoms with Crippen LogP contribution < -0.4 is 10.1 Å². The van der Waals surface area contributed by atoms with Gasteiger partial charge in [-0.3, -0.25) is 4.79 Å². The highest BCUT2D eigenvalue weighted by Crippen LogP contribution is 2.30. The topological polar surface area (TPSA) is 58.6 Å². The number of aliphatic hydroxyl groups is 1. The second-order valence-electron chi connectivity index (χ2n) is 6.48. The average Bonchev–Trinajstić information content (AvgIpc) is 2.69. The maximum absolute atomic E-state index is 12.5. The number of halogens is 3. The number of amides is 1. The third-order valence-corrected chi connectivity index (χ3v) is 4.23. The first-order valence-electron chi connectivity index (χ1n) is 9.12. The van der Waals surface area contributed by atoms with Gasteiger partial charge < -0.3 is 15.2 Å². The van der Waals surface area contributed by atoms with Gasteiger partial charge in [0.15, 0.2) is 0 Å². The van der Waals surface area contributed by atoms with E-state index in [4.69, 9.17) is 4.74 Å². The highest BCUT2D eigenvalue weighted by Gasteiger charge is 2.30. The zero-order valence-corrected chi connectivity index (χ0v) is 15.6. The van der Waals surface area contributed by atoms with Crippen molar-refractivity contribution in [2.75, 3.05) is 13.2 Å². The minimum absolute atomic E-state index is 0.00742. The van der Waals surface area contributed by atoms with E-state index in [2.05, 4.69) is 5.32 Å². The van der Waals surface area contributed by atoms with E-state index in [1.807, 2.05) is 37.3 Å². The molecule has 0 saturated carbocycles. The summed E-state index contributed by atoms with van der Waals surface area (Å²) in [4.78, 5) is 12.5. The molecule has 7 heteroatoms. The average molecular weight is 395 g/mol. The SMILES string of the molecule is CCCC(C(=O)NCC(O)COc1ccc(C(F)(F)F)cc1)c1ccccc1. The summed E-state index contributed by atoms with van der Waals surface area (Å²) in [5.41, 5.74) is 0.146. The van der Waals surface area contributed by atoms with Gasteiger partial charge >= 0.3 is 6.18 Å². The fourth-order valence-electron chi connectivity index (χ4n) is 2.76. The lowest BCUT2D eigenvalue weighted by Crippen LogP contribution is -2.37. The molecular weight excluding hydrogens is 371 g/mol. The fourth-order valence-corrected chi connectivity index (χ4v) is 2.76. The van der Waals surface area contributed by atoms with Crippen LogP contribution in [0.5, 0.6) is 5.75 Å². The van der Waals surface area contributed by atoms with Crippen molar-refractivity contribution in [2.45, 2.75) is 38.0 Å². The Kier molecular flexibility index (Phi) is 7.87. The van der Waals surface area contributed by atoms with Gasteiger partial charge in [0.2, 0.25) is 5.91 Å². The third-order valence-electron chi connectivity index (χ3n) is 4.23. The molecule has 0 aliphatic heterocycles. The summed E-state index contributed by atoms with van der Waals surface area (Å²) in [5.74, 6) is -0.262. The molecule has 4 nitrogen and oxygen atoms in total. The maximum atomic E-state index is 12.5. The maximum Gasteiger partial charge on any atom is 0.416 e. The monoisotopic (exact) mass is 395 g/mol. The van der Waals surface area contributed by atoms with E-state index in [0.29, 0.717) is 6.42 Å². The second-order valence-corrected chi connectivity index (χ2v) is 6.48. The summed E-state index contributed by atoms with van der Waals surface area (Å²) in [7, 11) is 0. The van der Waals surface area contributed by atoms with Gasteiger partial charge in [-0.2, -0.15) is 13.2 Å². The minimum atomic E-state index is -4.41. The van der Waals surface area contributed by atoms with E-state index in [1.165, 1.54) is 12.1 Å². The molecule has 2 unspecified atom stereocenters. The number of nitrogens with one attached hydrogen (secondary N) is 1. The van der Waals surface area contributed by atoms with E-state index in [0.717, 1.165) is 24.1 Å². The zero-order chi connectivity index (χ0) is 20.6. The van der Waals surface area contributed by atoms with Crippen LogP contribution in [0.3, 0.4) is 0 Å². The van der Waals surface area contributed by atoms with E-state index < -0.39 is 17.8 Å². The first kappa shape index (κ1) is 21.8. The van der Waals surface area contributed by atoms with Gasteiger partial charge in [0.25, 0.3) is 0 Å². The van der Waals surface area contributed by atoms with Crippen molar-refractivity contribution in [2.24, 2.45) is 0 Å². The van der Waals surface area contributed by atoms with Gasteiger partial charge in [0.1, 0.15) is 18.5 Å². The molecular formula is C21H24F3NO3.